The molecular weight excluding hydrogens is 294 g/mol. The summed E-state index contributed by atoms with van der Waals surface area (Å²) in [6, 6.07) is 10.9. The van der Waals surface area contributed by atoms with Crippen molar-refractivity contribution in [2.75, 3.05) is 31.2 Å². The molecule has 1 saturated heterocycles. The highest BCUT2D eigenvalue weighted by atomic mass is 16.5. The molecule has 0 radical (unpaired) electrons. The highest BCUT2D eigenvalue weighted by Gasteiger charge is 2.18. The molecule has 0 bridgehead atoms. The Morgan fingerprint density at radius 2 is 1.87 bits per heavy atom. The number of nitrogens with zero attached hydrogens (tertiary/aromatic N) is 5. The van der Waals surface area contributed by atoms with Crippen molar-refractivity contribution in [3.8, 4) is 11.4 Å². The summed E-state index contributed by atoms with van der Waals surface area (Å²) < 4.78 is 7.26. The van der Waals surface area contributed by atoms with Crippen LogP contribution in [0.3, 0.4) is 0 Å². The predicted octanol–water partition coefficient (Wildman–Crippen LogP) is 2.63. The van der Waals surface area contributed by atoms with Crippen molar-refractivity contribution in [1.82, 2.24) is 14.6 Å². The topological polar surface area (TPSA) is 72.1 Å². The number of hydrogen-bond donors (Lipinski definition) is 0. The maximum Gasteiger partial charge on any atom is 0.182 e. The molecule has 4 rings (SSSR count). The van der Waals surface area contributed by atoms with Gasteiger partial charge in [0.15, 0.2) is 11.6 Å². The number of hydrogen-bond acceptors (Lipinski definition) is 6. The fourth-order valence-electron chi connectivity index (χ4n) is 2.72. The monoisotopic (exact) mass is 309 g/mol. The van der Waals surface area contributed by atoms with Crippen LogP contribution in [0.25, 0.3) is 16.9 Å². The summed E-state index contributed by atoms with van der Waals surface area (Å²) in [7, 11) is 0. The van der Waals surface area contributed by atoms with E-state index in [-0.39, 0.29) is 0 Å². The van der Waals surface area contributed by atoms with E-state index in [0.29, 0.717) is 24.7 Å². The Hall–Kier alpha value is -2.80. The molecule has 1 aliphatic rings. The van der Waals surface area contributed by atoms with E-state index in [1.807, 2.05) is 35.0 Å². The predicted molar refractivity (Wildman–Crippen MR) is 86.9 cm³/mol. The lowest BCUT2D eigenvalue weighted by Gasteiger charge is -2.28. The number of fused-ring (bicyclic) bond motifs is 1. The van der Waals surface area contributed by atoms with Gasteiger partial charge in [-0.1, -0.05) is 0 Å². The van der Waals surface area contributed by atoms with Crippen LogP contribution in [-0.2, 0) is 4.74 Å². The molecule has 1 aliphatic heterocycles. The first-order chi connectivity index (χ1) is 11.3. The van der Waals surface area contributed by atoms with Gasteiger partial charge in [-0.25, -0.2) is 9.50 Å². The van der Waals surface area contributed by atoms with Gasteiger partial charge >= 0.3 is 0 Å². The molecule has 3 heterocycles. The number of morpholine rings is 1. The van der Waals surface area contributed by atoms with Crippen LogP contribution in [0, 0.1) is 4.91 Å². The minimum atomic E-state index is 0.393. The van der Waals surface area contributed by atoms with Gasteiger partial charge in [0, 0.05) is 24.8 Å². The average Bonchev–Trinajstić information content (AvgIpc) is 3.10. The van der Waals surface area contributed by atoms with E-state index in [4.69, 9.17) is 9.72 Å². The highest BCUT2D eigenvalue weighted by molar-refractivity contribution is 5.72. The van der Waals surface area contributed by atoms with E-state index >= 15 is 0 Å². The van der Waals surface area contributed by atoms with Gasteiger partial charge in [-0.15, -0.1) is 10.0 Å². The molecule has 1 aromatic carbocycles. The second-order valence-electron chi connectivity index (χ2n) is 5.33. The van der Waals surface area contributed by atoms with Gasteiger partial charge in [0.25, 0.3) is 0 Å². The van der Waals surface area contributed by atoms with Crippen LogP contribution in [0.1, 0.15) is 0 Å². The first-order valence-corrected chi connectivity index (χ1v) is 7.47. The molecule has 7 nitrogen and oxygen atoms in total. The quantitative estimate of drug-likeness (QED) is 0.695. The molecule has 7 heteroatoms. The third kappa shape index (κ3) is 2.55. The maximum absolute atomic E-state index is 10.6. The molecule has 0 spiro atoms. The molecule has 0 unspecified atom stereocenters. The van der Waals surface area contributed by atoms with Gasteiger partial charge in [0.2, 0.25) is 0 Å². The second-order valence-corrected chi connectivity index (χ2v) is 5.33. The Kier molecular flexibility index (Phi) is 3.47. The van der Waals surface area contributed by atoms with Crippen LogP contribution in [0.15, 0.2) is 47.8 Å². The van der Waals surface area contributed by atoms with Crippen molar-refractivity contribution in [1.29, 1.82) is 0 Å². The van der Waals surface area contributed by atoms with Crippen molar-refractivity contribution in [3.63, 3.8) is 0 Å². The molecule has 2 aromatic heterocycles. The van der Waals surface area contributed by atoms with E-state index in [0.717, 1.165) is 30.0 Å². The molecule has 1 fully saturated rings. The third-order valence-corrected chi connectivity index (χ3v) is 3.91. The second kappa shape index (κ2) is 5.77. The van der Waals surface area contributed by atoms with E-state index in [1.165, 1.54) is 0 Å². The molecule has 0 atom stereocenters. The minimum absolute atomic E-state index is 0.393. The van der Waals surface area contributed by atoms with Gasteiger partial charge in [0.1, 0.15) is 11.2 Å². The fraction of sp³-hybridized carbons (Fsp3) is 0.250. The third-order valence-electron chi connectivity index (χ3n) is 3.91. The van der Waals surface area contributed by atoms with Crippen LogP contribution < -0.4 is 4.90 Å². The van der Waals surface area contributed by atoms with Crippen molar-refractivity contribution in [2.45, 2.75) is 0 Å². The summed E-state index contributed by atoms with van der Waals surface area (Å²) in [5, 5.41) is 7.48. The maximum atomic E-state index is 10.6. The van der Waals surface area contributed by atoms with Crippen molar-refractivity contribution >= 4 is 17.0 Å². The van der Waals surface area contributed by atoms with Gasteiger partial charge in [-0.05, 0) is 41.6 Å². The first-order valence-electron chi connectivity index (χ1n) is 7.47. The minimum Gasteiger partial charge on any atom is -0.378 e. The van der Waals surface area contributed by atoms with Crippen LogP contribution in [0.4, 0.5) is 11.5 Å². The molecule has 116 valence electrons. The largest absolute Gasteiger partial charge is 0.378 e. The van der Waals surface area contributed by atoms with Crippen molar-refractivity contribution in [3.05, 3.63) is 47.5 Å². The Bertz CT molecular complexity index is 837. The number of anilines is 1. The zero-order chi connectivity index (χ0) is 15.6. The lowest BCUT2D eigenvalue weighted by atomic mass is 10.2. The van der Waals surface area contributed by atoms with Crippen LogP contribution >= 0.6 is 0 Å². The Labute approximate surface area is 132 Å². The van der Waals surface area contributed by atoms with Crippen molar-refractivity contribution < 1.29 is 4.74 Å². The number of aromatic nitrogens is 3. The summed E-state index contributed by atoms with van der Waals surface area (Å²) in [4.78, 5) is 17.5. The van der Waals surface area contributed by atoms with Crippen LogP contribution in [0.5, 0.6) is 0 Å². The summed E-state index contributed by atoms with van der Waals surface area (Å²) in [6.07, 6.45) is 1.91. The van der Waals surface area contributed by atoms with E-state index in [2.05, 4.69) is 15.2 Å². The summed E-state index contributed by atoms with van der Waals surface area (Å²) in [5.74, 6) is 1.52. The molecule has 0 amide bonds. The number of rotatable bonds is 3. The van der Waals surface area contributed by atoms with Gasteiger partial charge in [-0.2, -0.15) is 0 Å². The smallest absolute Gasteiger partial charge is 0.182 e. The highest BCUT2D eigenvalue weighted by Crippen LogP contribution is 2.25. The molecule has 3 aromatic rings. The van der Waals surface area contributed by atoms with E-state index < -0.39 is 0 Å². The lowest BCUT2D eigenvalue weighted by molar-refractivity contribution is 0.122. The Balaban J connectivity index is 1.81. The average molecular weight is 309 g/mol. The van der Waals surface area contributed by atoms with Gasteiger partial charge in [0.05, 0.1) is 13.2 Å². The summed E-state index contributed by atoms with van der Waals surface area (Å²) in [5.41, 5.74) is 2.22. The lowest BCUT2D eigenvalue weighted by Crippen LogP contribution is -2.37. The molecule has 0 saturated carbocycles. The Morgan fingerprint density at radius 1 is 1.09 bits per heavy atom. The molecule has 0 N–H and O–H groups in total. The zero-order valence-corrected chi connectivity index (χ0v) is 12.4. The molecular formula is C16H15N5O2. The van der Waals surface area contributed by atoms with Crippen LogP contribution in [0.2, 0.25) is 0 Å². The number of ether oxygens (including phenoxy) is 1. The van der Waals surface area contributed by atoms with Crippen LogP contribution in [-0.4, -0.2) is 40.9 Å². The number of benzene rings is 1. The van der Waals surface area contributed by atoms with Crippen molar-refractivity contribution in [2.24, 2.45) is 5.18 Å². The van der Waals surface area contributed by atoms with E-state index in [9.17, 15) is 4.91 Å². The first kappa shape index (κ1) is 13.8. The molecule has 23 heavy (non-hydrogen) atoms. The number of nitroso groups, excluding NO2 is 1. The standard InChI is InChI=1S/C16H15N5O2/c22-19-13-5-3-12(4-6-13)15-17-16(20-8-10-23-11-9-20)14-2-1-7-21(14)18-15/h1-7H,8-11H2. The zero-order valence-electron chi connectivity index (χ0n) is 12.4. The normalized spacial score (nSPS) is 15.0. The van der Waals surface area contributed by atoms with Gasteiger partial charge < -0.3 is 9.64 Å². The SMILES string of the molecule is O=Nc1ccc(-c2nc(N3CCOCC3)c3cccn3n2)cc1. The summed E-state index contributed by atoms with van der Waals surface area (Å²) >= 11 is 0. The molecule has 0 aliphatic carbocycles. The fourth-order valence-corrected chi connectivity index (χ4v) is 2.72. The van der Waals surface area contributed by atoms with E-state index in [1.54, 1.807) is 12.1 Å². The Morgan fingerprint density at radius 3 is 2.61 bits per heavy atom. The summed E-state index contributed by atoms with van der Waals surface area (Å²) in [6.45, 7) is 3.02. The van der Waals surface area contributed by atoms with Gasteiger partial charge in [-0.3, -0.25) is 0 Å².